The number of ketones is 2. The number of rotatable bonds is 9. The monoisotopic (exact) mass is 872 g/mol. The van der Waals surface area contributed by atoms with Gasteiger partial charge in [-0.05, 0) is 109 Å². The number of anilines is 2. The van der Waals surface area contributed by atoms with Crippen LogP contribution in [0, 0.1) is 13.8 Å². The molecule has 8 N–H and O–H groups in total. The zero-order valence-corrected chi connectivity index (χ0v) is 32.9. The van der Waals surface area contributed by atoms with Gasteiger partial charge in [-0.15, -0.1) is 10.2 Å². The van der Waals surface area contributed by atoms with E-state index in [0.717, 1.165) is 0 Å². The molecule has 2 aliphatic rings. The van der Waals surface area contributed by atoms with Crippen molar-refractivity contribution in [2.24, 2.45) is 20.5 Å². The maximum Gasteiger partial charge on any atom is 0.296 e. The Morgan fingerprint density at radius 3 is 1.12 bits per heavy atom. The number of nitrogens with two attached hydrogens (primary N) is 2. The van der Waals surface area contributed by atoms with Gasteiger partial charge in [0.2, 0.25) is 11.6 Å². The van der Waals surface area contributed by atoms with Crippen LogP contribution in [0.5, 0.6) is 0 Å². The number of nitrogens with zero attached hydrogens (tertiary/aromatic N) is 4. The number of allylic oxidation sites excluding steroid dienone is 4. The minimum Gasteiger partial charge on any atom is -0.397 e. The third-order valence-corrected chi connectivity index (χ3v) is 12.7. The van der Waals surface area contributed by atoms with Crippen LogP contribution in [-0.4, -0.2) is 63.4 Å². The maximum absolute atomic E-state index is 13.4. The molecule has 0 radical (unpaired) electrons. The van der Waals surface area contributed by atoms with E-state index < -0.39 is 94.1 Å². The average molecular weight is 873 g/mol. The summed E-state index contributed by atoms with van der Waals surface area (Å²) in [5, 5.41) is 16.2. The van der Waals surface area contributed by atoms with Gasteiger partial charge < -0.3 is 11.5 Å². The highest BCUT2D eigenvalue weighted by atomic mass is 32.2. The third kappa shape index (κ3) is 7.86. The van der Waals surface area contributed by atoms with Gasteiger partial charge in [0.25, 0.3) is 40.5 Å². The Bertz CT molecular complexity index is 2930. The minimum absolute atomic E-state index is 0.288. The largest absolute Gasteiger partial charge is 0.397 e. The van der Waals surface area contributed by atoms with Gasteiger partial charge >= 0.3 is 0 Å². The number of carbonyl (C=O) groups excluding carboxylic acids is 2. The molecule has 20 nitrogen and oxygen atoms in total. The van der Waals surface area contributed by atoms with Gasteiger partial charge in [-0.3, -0.25) is 27.8 Å². The summed E-state index contributed by atoms with van der Waals surface area (Å²) >= 11 is 0. The quantitative estimate of drug-likeness (QED) is 0.0737. The molecule has 2 aliphatic carbocycles. The zero-order valence-electron chi connectivity index (χ0n) is 29.6. The molecule has 0 saturated heterocycles. The number of aryl methyl sites for hydroxylation is 2. The van der Waals surface area contributed by atoms with Crippen LogP contribution in [-0.2, 0) is 53.3 Å². The molecule has 0 spiro atoms. The first kappa shape index (κ1) is 41.8. The molecular weight excluding hydrogens is 845 g/mol. The highest BCUT2D eigenvalue weighted by molar-refractivity contribution is 7.87. The van der Waals surface area contributed by atoms with Crippen LogP contribution in [0.3, 0.4) is 0 Å². The molecule has 4 aromatic rings. The normalized spacial score (nSPS) is 15.1. The number of nitrogen functional groups attached to an aromatic ring is 2. The number of benzene rings is 4. The first-order chi connectivity index (χ1) is 26.8. The molecule has 0 unspecified atom stereocenters. The molecule has 0 saturated carbocycles. The lowest BCUT2D eigenvalue weighted by Crippen LogP contribution is -2.20. The second kappa shape index (κ2) is 14.5. The predicted octanol–water partition coefficient (Wildman–Crippen LogP) is 4.93. The standard InChI is InChI=1S/C34H28N6O14S4/c1-15-11-17(3-7-21(15)37-39-23-9-5-19-25(55(43,44)45)13-27(57(49,50)51)31(35)29(19)33(23)41)18-4-8-22(16(2)12-18)38-40-24-10-6-20-26(56(46,47)48)14-28(58(52,53)54)32(36)30(20)34(24)42/h3-4,7-14H,5-6,35-36H2,1-2H3,(H,43,44,45)(H,46,47,48)(H,49,50,51)(H,52,53,54). The van der Waals surface area contributed by atoms with Gasteiger partial charge in [-0.2, -0.15) is 43.9 Å². The summed E-state index contributed by atoms with van der Waals surface area (Å²) in [6.45, 7) is 3.40. The molecule has 6 rings (SSSR count). The van der Waals surface area contributed by atoms with Gasteiger partial charge in [-0.1, -0.05) is 12.1 Å². The van der Waals surface area contributed by atoms with Crippen LogP contribution in [0.4, 0.5) is 22.7 Å². The van der Waals surface area contributed by atoms with Crippen molar-refractivity contribution in [1.29, 1.82) is 0 Å². The topological polar surface area (TPSA) is 353 Å². The number of fused-ring (bicyclic) bond motifs is 2. The molecule has 58 heavy (non-hydrogen) atoms. The summed E-state index contributed by atoms with van der Waals surface area (Å²) in [5.74, 6) is -2.01. The molecular formula is C34H28N6O14S4. The molecule has 0 atom stereocenters. The van der Waals surface area contributed by atoms with E-state index in [-0.39, 0.29) is 35.4 Å². The SMILES string of the molecule is Cc1cc(-c2ccc(N=NC3=CCc4c(S(=O)(=O)O)cc(S(=O)(=O)O)c(N)c4C3=O)c(C)c2)ccc1N=NC1=CCc2c(S(=O)(=O)O)cc(S(=O)(=O)O)c(N)c2C1=O. The second-order valence-electron chi connectivity index (χ2n) is 12.8. The van der Waals surface area contributed by atoms with Crippen molar-refractivity contribution in [3.63, 3.8) is 0 Å². The summed E-state index contributed by atoms with van der Waals surface area (Å²) in [5.41, 5.74) is 11.1. The van der Waals surface area contributed by atoms with Crippen LogP contribution < -0.4 is 11.5 Å². The molecule has 24 heteroatoms. The van der Waals surface area contributed by atoms with Crippen LogP contribution >= 0.6 is 0 Å². The van der Waals surface area contributed by atoms with Gasteiger partial charge in [0.05, 0.1) is 43.7 Å². The fourth-order valence-electron chi connectivity index (χ4n) is 6.32. The summed E-state index contributed by atoms with van der Waals surface area (Å²) < 4.78 is 134. The Morgan fingerprint density at radius 2 is 0.828 bits per heavy atom. The second-order valence-corrected chi connectivity index (χ2v) is 18.4. The predicted molar refractivity (Wildman–Crippen MR) is 204 cm³/mol. The first-order valence-electron chi connectivity index (χ1n) is 16.1. The van der Waals surface area contributed by atoms with Gasteiger partial charge in [0, 0.05) is 0 Å². The average Bonchev–Trinajstić information content (AvgIpc) is 3.09. The van der Waals surface area contributed by atoms with Crippen molar-refractivity contribution in [2.45, 2.75) is 46.3 Å². The zero-order chi connectivity index (χ0) is 42.9. The highest BCUT2D eigenvalue weighted by Crippen LogP contribution is 2.39. The first-order valence-corrected chi connectivity index (χ1v) is 21.9. The van der Waals surface area contributed by atoms with Crippen molar-refractivity contribution in [3.8, 4) is 11.1 Å². The van der Waals surface area contributed by atoms with Crippen LogP contribution in [0.2, 0.25) is 0 Å². The van der Waals surface area contributed by atoms with Crippen LogP contribution in [0.1, 0.15) is 43.0 Å². The van der Waals surface area contributed by atoms with Crippen molar-refractivity contribution in [1.82, 2.24) is 0 Å². The van der Waals surface area contributed by atoms with Gasteiger partial charge in [0.15, 0.2) is 0 Å². The van der Waals surface area contributed by atoms with E-state index >= 15 is 0 Å². The van der Waals surface area contributed by atoms with E-state index in [9.17, 15) is 61.5 Å². The number of carbonyl (C=O) groups is 2. The van der Waals surface area contributed by atoms with Crippen molar-refractivity contribution in [3.05, 3.63) is 105 Å². The smallest absolute Gasteiger partial charge is 0.296 e. The molecule has 0 heterocycles. The molecule has 4 aromatic carbocycles. The molecule has 0 fully saturated rings. The highest BCUT2D eigenvalue weighted by Gasteiger charge is 2.35. The van der Waals surface area contributed by atoms with E-state index in [1.165, 1.54) is 12.2 Å². The maximum atomic E-state index is 13.4. The Morgan fingerprint density at radius 1 is 0.500 bits per heavy atom. The lowest BCUT2D eigenvalue weighted by atomic mass is 9.92. The van der Waals surface area contributed by atoms with E-state index in [1.54, 1.807) is 50.2 Å². The lowest BCUT2D eigenvalue weighted by molar-refractivity contribution is 0.102. The minimum atomic E-state index is -5.11. The fraction of sp³-hybridized carbons (Fsp3) is 0.118. The fourth-order valence-corrected chi connectivity index (χ4v) is 9.29. The van der Waals surface area contributed by atoms with E-state index in [4.69, 9.17) is 11.5 Å². The molecule has 302 valence electrons. The van der Waals surface area contributed by atoms with E-state index in [1.807, 2.05) is 0 Å². The Kier molecular flexibility index (Phi) is 10.4. The number of hydrogen-bond acceptors (Lipinski definition) is 16. The molecule has 0 amide bonds. The number of Topliss-reactive ketones (excluding diaryl/α,β-unsaturated/α-hetero) is 2. The summed E-state index contributed by atoms with van der Waals surface area (Å²) in [4.78, 5) is 22.7. The Labute approximate surface area is 329 Å². The van der Waals surface area contributed by atoms with Crippen molar-refractivity contribution < 1.29 is 61.5 Å². The van der Waals surface area contributed by atoms with E-state index in [0.29, 0.717) is 45.8 Å². The summed E-state index contributed by atoms with van der Waals surface area (Å²) in [6.07, 6.45) is 1.82. The summed E-state index contributed by atoms with van der Waals surface area (Å²) in [7, 11) is -20.3. The molecule has 0 aliphatic heterocycles. The molecule has 0 bridgehead atoms. The lowest BCUT2D eigenvalue weighted by Gasteiger charge is -2.19. The van der Waals surface area contributed by atoms with Gasteiger partial charge in [0.1, 0.15) is 21.2 Å². The van der Waals surface area contributed by atoms with Crippen LogP contribution in [0.25, 0.3) is 11.1 Å². The third-order valence-electron chi connectivity index (χ3n) is 9.08. The van der Waals surface area contributed by atoms with Crippen molar-refractivity contribution in [2.75, 3.05) is 11.5 Å². The molecule has 0 aromatic heterocycles. The Hall–Kier alpha value is -5.86. The summed E-state index contributed by atoms with van der Waals surface area (Å²) in [6, 6.07) is 11.0. The van der Waals surface area contributed by atoms with Gasteiger partial charge in [-0.25, -0.2) is 0 Å². The number of hydrogen-bond donors (Lipinski definition) is 6. The van der Waals surface area contributed by atoms with Crippen molar-refractivity contribution >= 4 is 74.8 Å². The number of azo groups is 2. The Balaban J connectivity index is 1.23. The van der Waals surface area contributed by atoms with Crippen LogP contribution in [0.15, 0.2) is 112 Å². The van der Waals surface area contributed by atoms with E-state index in [2.05, 4.69) is 20.5 Å².